The first kappa shape index (κ1) is 12.4. The number of hydrogen-bond acceptors (Lipinski definition) is 2. The molecule has 1 fully saturated rings. The molecule has 0 atom stereocenters. The van der Waals surface area contributed by atoms with Crippen molar-refractivity contribution in [1.82, 2.24) is 10.2 Å². The van der Waals surface area contributed by atoms with E-state index in [4.69, 9.17) is 11.6 Å². The molecular weight excluding hydrogens is 236 g/mol. The number of nitrogens with one attached hydrogen (secondary N) is 1. The smallest absolute Gasteiger partial charge is 0.253 e. The van der Waals surface area contributed by atoms with Gasteiger partial charge in [-0.15, -0.1) is 0 Å². The highest BCUT2D eigenvalue weighted by atomic mass is 35.5. The number of carbonyl (C=O) groups is 1. The molecule has 92 valence electrons. The number of halogens is 1. The van der Waals surface area contributed by atoms with Crippen molar-refractivity contribution in [2.45, 2.75) is 12.8 Å². The molecule has 3 nitrogen and oxygen atoms in total. The van der Waals surface area contributed by atoms with Crippen LogP contribution in [0.4, 0.5) is 0 Å². The lowest BCUT2D eigenvalue weighted by Gasteiger charge is -2.25. The predicted molar refractivity (Wildman–Crippen MR) is 69.5 cm³/mol. The fraction of sp³-hybridized carbons (Fsp3) is 0.462. The number of carbonyl (C=O) groups excluding carboxylic acids is 1. The summed E-state index contributed by atoms with van der Waals surface area (Å²) in [5.41, 5.74) is 0.679. The van der Waals surface area contributed by atoms with E-state index in [1.165, 1.54) is 0 Å². The molecule has 17 heavy (non-hydrogen) atoms. The van der Waals surface area contributed by atoms with Crippen molar-refractivity contribution < 1.29 is 4.79 Å². The van der Waals surface area contributed by atoms with Gasteiger partial charge in [0, 0.05) is 30.2 Å². The highest BCUT2D eigenvalue weighted by Gasteiger charge is 2.16. The zero-order valence-electron chi connectivity index (χ0n) is 9.79. The topological polar surface area (TPSA) is 32.3 Å². The monoisotopic (exact) mass is 252 g/mol. The Morgan fingerprint density at radius 3 is 2.94 bits per heavy atom. The Balaban J connectivity index is 2.07. The van der Waals surface area contributed by atoms with Gasteiger partial charge in [0.25, 0.3) is 5.91 Å². The van der Waals surface area contributed by atoms with Gasteiger partial charge in [0.05, 0.1) is 0 Å². The molecule has 0 aromatic heterocycles. The van der Waals surface area contributed by atoms with E-state index in [9.17, 15) is 4.79 Å². The van der Waals surface area contributed by atoms with Gasteiger partial charge < -0.3 is 10.2 Å². The molecule has 0 unspecified atom stereocenters. The maximum absolute atomic E-state index is 12.3. The van der Waals surface area contributed by atoms with Crippen molar-refractivity contribution in [1.29, 1.82) is 0 Å². The first-order valence-electron chi connectivity index (χ1n) is 6.03. The minimum atomic E-state index is 0.0798. The van der Waals surface area contributed by atoms with Gasteiger partial charge in [0.1, 0.15) is 0 Å². The molecule has 1 saturated heterocycles. The first-order chi connectivity index (χ1) is 8.27. The van der Waals surface area contributed by atoms with Gasteiger partial charge in [-0.05, 0) is 37.6 Å². The minimum Gasteiger partial charge on any atom is -0.337 e. The Morgan fingerprint density at radius 2 is 2.12 bits per heavy atom. The van der Waals surface area contributed by atoms with E-state index in [1.807, 2.05) is 17.0 Å². The lowest BCUT2D eigenvalue weighted by Crippen LogP contribution is -2.39. The van der Waals surface area contributed by atoms with Gasteiger partial charge in [0.15, 0.2) is 0 Å². The summed E-state index contributed by atoms with van der Waals surface area (Å²) in [7, 11) is 0. The summed E-state index contributed by atoms with van der Waals surface area (Å²) < 4.78 is 0. The Labute approximate surface area is 107 Å². The average Bonchev–Trinajstić information content (AvgIpc) is 2.28. The fourth-order valence-electron chi connectivity index (χ4n) is 2.01. The summed E-state index contributed by atoms with van der Waals surface area (Å²) in [4.78, 5) is 14.2. The Morgan fingerprint density at radius 1 is 1.24 bits per heavy atom. The number of hydrogen-bond donors (Lipinski definition) is 1. The molecule has 1 aliphatic heterocycles. The lowest BCUT2D eigenvalue weighted by molar-refractivity contribution is 0.0748. The third-order valence-corrected chi connectivity index (χ3v) is 3.18. The standard InChI is InChI=1S/C13H17ClN2O/c14-12-5-3-4-11(10-12)13(17)16-8-2-1-6-15-7-9-16/h3-5,10,15H,1-2,6-9H2. The molecule has 0 radical (unpaired) electrons. The quantitative estimate of drug-likeness (QED) is 0.831. The van der Waals surface area contributed by atoms with Gasteiger partial charge in [-0.1, -0.05) is 17.7 Å². The van der Waals surface area contributed by atoms with E-state index in [0.29, 0.717) is 10.6 Å². The van der Waals surface area contributed by atoms with Crippen molar-refractivity contribution in [3.63, 3.8) is 0 Å². The van der Waals surface area contributed by atoms with Crippen LogP contribution in [-0.2, 0) is 0 Å². The van der Waals surface area contributed by atoms with Crippen LogP contribution >= 0.6 is 11.6 Å². The highest BCUT2D eigenvalue weighted by molar-refractivity contribution is 6.30. The van der Waals surface area contributed by atoms with Gasteiger partial charge in [-0.2, -0.15) is 0 Å². The molecule has 1 heterocycles. The highest BCUT2D eigenvalue weighted by Crippen LogP contribution is 2.13. The third kappa shape index (κ3) is 3.45. The molecule has 1 aromatic carbocycles. The van der Waals surface area contributed by atoms with E-state index < -0.39 is 0 Å². The fourth-order valence-corrected chi connectivity index (χ4v) is 2.20. The van der Waals surface area contributed by atoms with Crippen LogP contribution in [0.3, 0.4) is 0 Å². The molecule has 1 N–H and O–H groups in total. The predicted octanol–water partition coefficient (Wildman–Crippen LogP) is 2.17. The van der Waals surface area contributed by atoms with Crippen LogP contribution in [0.15, 0.2) is 24.3 Å². The average molecular weight is 253 g/mol. The molecule has 0 saturated carbocycles. The van der Waals surface area contributed by atoms with Gasteiger partial charge in [0.2, 0.25) is 0 Å². The number of benzene rings is 1. The van der Waals surface area contributed by atoms with E-state index in [0.717, 1.165) is 39.0 Å². The maximum Gasteiger partial charge on any atom is 0.253 e. The molecular formula is C13H17ClN2O. The van der Waals surface area contributed by atoms with Crippen molar-refractivity contribution in [3.05, 3.63) is 34.9 Å². The third-order valence-electron chi connectivity index (χ3n) is 2.95. The summed E-state index contributed by atoms with van der Waals surface area (Å²) >= 11 is 5.90. The van der Waals surface area contributed by atoms with Gasteiger partial charge in [-0.3, -0.25) is 4.79 Å². The Hall–Kier alpha value is -1.06. The van der Waals surface area contributed by atoms with Crippen LogP contribution in [0.1, 0.15) is 23.2 Å². The largest absolute Gasteiger partial charge is 0.337 e. The second-order valence-electron chi connectivity index (χ2n) is 4.26. The van der Waals surface area contributed by atoms with Crippen LogP contribution < -0.4 is 5.32 Å². The van der Waals surface area contributed by atoms with E-state index in [1.54, 1.807) is 12.1 Å². The molecule has 4 heteroatoms. The van der Waals surface area contributed by atoms with Crippen molar-refractivity contribution in [3.8, 4) is 0 Å². The summed E-state index contributed by atoms with van der Waals surface area (Å²) in [6, 6.07) is 7.15. The number of nitrogens with zero attached hydrogens (tertiary/aromatic N) is 1. The van der Waals surface area contributed by atoms with Crippen LogP contribution in [0.5, 0.6) is 0 Å². The molecule has 1 aromatic rings. The SMILES string of the molecule is O=C(c1cccc(Cl)c1)N1CCCCNCC1. The lowest BCUT2D eigenvalue weighted by atomic mass is 10.1. The van der Waals surface area contributed by atoms with Gasteiger partial charge in [-0.25, -0.2) is 0 Å². The Bertz CT molecular complexity index is 387. The van der Waals surface area contributed by atoms with Crippen LogP contribution in [0.2, 0.25) is 5.02 Å². The summed E-state index contributed by atoms with van der Waals surface area (Å²) in [5, 5.41) is 3.93. The maximum atomic E-state index is 12.3. The summed E-state index contributed by atoms with van der Waals surface area (Å²) in [5.74, 6) is 0.0798. The normalized spacial score (nSPS) is 17.4. The second kappa shape index (κ2) is 6.03. The zero-order valence-corrected chi connectivity index (χ0v) is 10.5. The summed E-state index contributed by atoms with van der Waals surface area (Å²) in [6.45, 7) is 3.53. The molecule has 1 aliphatic rings. The molecule has 0 spiro atoms. The van der Waals surface area contributed by atoms with E-state index in [2.05, 4.69) is 5.32 Å². The van der Waals surface area contributed by atoms with E-state index >= 15 is 0 Å². The van der Waals surface area contributed by atoms with Crippen LogP contribution in [0, 0.1) is 0 Å². The van der Waals surface area contributed by atoms with Gasteiger partial charge >= 0.3 is 0 Å². The van der Waals surface area contributed by atoms with Crippen LogP contribution in [-0.4, -0.2) is 37.0 Å². The van der Waals surface area contributed by atoms with Crippen molar-refractivity contribution in [2.75, 3.05) is 26.2 Å². The van der Waals surface area contributed by atoms with Crippen molar-refractivity contribution >= 4 is 17.5 Å². The number of rotatable bonds is 1. The number of amides is 1. The molecule has 0 aliphatic carbocycles. The summed E-state index contributed by atoms with van der Waals surface area (Å²) in [6.07, 6.45) is 2.18. The van der Waals surface area contributed by atoms with Crippen LogP contribution in [0.25, 0.3) is 0 Å². The second-order valence-corrected chi connectivity index (χ2v) is 4.70. The molecule has 1 amide bonds. The van der Waals surface area contributed by atoms with E-state index in [-0.39, 0.29) is 5.91 Å². The molecule has 0 bridgehead atoms. The Kier molecular flexibility index (Phi) is 4.40. The minimum absolute atomic E-state index is 0.0798. The first-order valence-corrected chi connectivity index (χ1v) is 6.41. The van der Waals surface area contributed by atoms with Crippen molar-refractivity contribution in [2.24, 2.45) is 0 Å². The molecule has 2 rings (SSSR count). The zero-order chi connectivity index (χ0) is 12.1.